The van der Waals surface area contributed by atoms with Gasteiger partial charge in [0, 0.05) is 12.2 Å². The second kappa shape index (κ2) is 5.95. The number of nitro groups is 1. The van der Waals surface area contributed by atoms with Crippen LogP contribution in [0, 0.1) is 10.1 Å². The van der Waals surface area contributed by atoms with Crippen LogP contribution in [0.25, 0.3) is 11.6 Å². The molecule has 1 amide bonds. The van der Waals surface area contributed by atoms with E-state index in [0.717, 1.165) is 6.07 Å². The lowest BCUT2D eigenvalue weighted by Gasteiger charge is -2.02. The predicted octanol–water partition coefficient (Wildman–Crippen LogP) is 2.27. The van der Waals surface area contributed by atoms with Gasteiger partial charge in [0.15, 0.2) is 5.76 Å². The monoisotopic (exact) mass is 332 g/mol. The summed E-state index contributed by atoms with van der Waals surface area (Å²) in [5.41, 5.74) is 0.463. The molecule has 0 aliphatic carbocycles. The van der Waals surface area contributed by atoms with Crippen molar-refractivity contribution in [2.24, 2.45) is 0 Å². The third kappa shape index (κ3) is 2.99. The molecule has 0 aliphatic heterocycles. The molecule has 3 rings (SSSR count). The molecule has 11 heteroatoms. The van der Waals surface area contributed by atoms with E-state index in [-0.39, 0.29) is 23.7 Å². The molecule has 11 nitrogen and oxygen atoms in total. The minimum Gasteiger partial charge on any atom is -0.401 e. The Morgan fingerprint density at radius 2 is 2.08 bits per heavy atom. The molecule has 0 saturated carbocycles. The number of rotatable bonds is 5. The van der Waals surface area contributed by atoms with Crippen LogP contribution >= 0.6 is 0 Å². The molecule has 0 saturated heterocycles. The van der Waals surface area contributed by atoms with E-state index in [1.165, 1.54) is 6.07 Å². The highest BCUT2D eigenvalue weighted by atomic mass is 16.6. The number of hydrogen-bond donors (Lipinski definition) is 1. The lowest BCUT2D eigenvalue weighted by molar-refractivity contribution is -0.402. The van der Waals surface area contributed by atoms with Crippen molar-refractivity contribution in [1.29, 1.82) is 0 Å². The van der Waals surface area contributed by atoms with Crippen molar-refractivity contribution in [3.05, 3.63) is 40.3 Å². The maximum atomic E-state index is 11.9. The molecule has 1 N–H and O–H groups in total. The molecule has 24 heavy (non-hydrogen) atoms. The van der Waals surface area contributed by atoms with Gasteiger partial charge in [-0.2, -0.15) is 5.10 Å². The van der Waals surface area contributed by atoms with Gasteiger partial charge in [-0.15, -0.1) is 5.10 Å². The molecular weight excluding hydrogens is 320 g/mol. The molecule has 124 valence electrons. The highest BCUT2D eigenvalue weighted by Gasteiger charge is 2.20. The van der Waals surface area contributed by atoms with Gasteiger partial charge in [-0.25, -0.2) is 0 Å². The minimum absolute atomic E-state index is 0.134. The summed E-state index contributed by atoms with van der Waals surface area (Å²) in [4.78, 5) is 21.7. The lowest BCUT2D eigenvalue weighted by Crippen LogP contribution is -2.11. The molecular formula is C13H12N6O5. The Morgan fingerprint density at radius 1 is 1.29 bits per heavy atom. The lowest BCUT2D eigenvalue weighted by atomic mass is 10.4. The molecule has 3 aromatic rings. The van der Waals surface area contributed by atoms with E-state index in [1.54, 1.807) is 16.9 Å². The number of furan rings is 1. The van der Waals surface area contributed by atoms with Gasteiger partial charge in [0.1, 0.15) is 10.6 Å². The summed E-state index contributed by atoms with van der Waals surface area (Å²) in [7, 11) is 0. The topological polar surface area (TPSA) is 142 Å². The third-order valence-electron chi connectivity index (χ3n) is 3.00. The van der Waals surface area contributed by atoms with Crippen LogP contribution in [-0.2, 0) is 0 Å². The zero-order valence-electron chi connectivity index (χ0n) is 12.7. The van der Waals surface area contributed by atoms with Gasteiger partial charge >= 0.3 is 11.9 Å². The number of aromatic nitrogens is 4. The maximum absolute atomic E-state index is 11.9. The van der Waals surface area contributed by atoms with Crippen molar-refractivity contribution in [3.8, 4) is 11.6 Å². The molecule has 3 heterocycles. The Bertz CT molecular complexity index is 892. The molecule has 3 aromatic heterocycles. The second-order valence-corrected chi connectivity index (χ2v) is 5.04. The molecule has 0 bridgehead atoms. The van der Waals surface area contributed by atoms with Crippen molar-refractivity contribution in [1.82, 2.24) is 20.0 Å². The highest BCUT2D eigenvalue weighted by molar-refractivity contribution is 6.01. The Labute approximate surface area is 134 Å². The first-order valence-corrected chi connectivity index (χ1v) is 6.88. The van der Waals surface area contributed by atoms with Crippen molar-refractivity contribution in [3.63, 3.8) is 0 Å². The molecule has 0 aromatic carbocycles. The van der Waals surface area contributed by atoms with E-state index >= 15 is 0 Å². The fourth-order valence-electron chi connectivity index (χ4n) is 1.82. The molecule has 0 radical (unpaired) electrons. The Morgan fingerprint density at radius 3 is 2.71 bits per heavy atom. The summed E-state index contributed by atoms with van der Waals surface area (Å²) >= 11 is 0. The molecule has 0 aliphatic rings. The largest absolute Gasteiger partial charge is 0.433 e. The smallest absolute Gasteiger partial charge is 0.401 e. The maximum Gasteiger partial charge on any atom is 0.433 e. The van der Waals surface area contributed by atoms with Gasteiger partial charge in [0.05, 0.1) is 6.07 Å². The standard InChI is InChI=1S/C13H12N6O5/c1-7(2)18-6-5-8(17-18)12-15-16-13(24-12)14-11(20)9-3-4-10(23-9)19(21)22/h3-7H,1-2H3,(H,14,16,20). The van der Waals surface area contributed by atoms with Crippen LogP contribution < -0.4 is 5.32 Å². The zero-order chi connectivity index (χ0) is 17.3. The Balaban J connectivity index is 1.73. The van der Waals surface area contributed by atoms with Crippen LogP contribution in [0.5, 0.6) is 0 Å². The van der Waals surface area contributed by atoms with E-state index in [2.05, 4.69) is 20.6 Å². The number of amides is 1. The van der Waals surface area contributed by atoms with Crippen molar-refractivity contribution < 1.29 is 18.6 Å². The van der Waals surface area contributed by atoms with Crippen LogP contribution in [0.3, 0.4) is 0 Å². The zero-order valence-corrected chi connectivity index (χ0v) is 12.7. The molecule has 0 spiro atoms. The second-order valence-electron chi connectivity index (χ2n) is 5.04. The van der Waals surface area contributed by atoms with Gasteiger partial charge in [0.2, 0.25) is 0 Å². The molecule has 0 fully saturated rings. The first-order chi connectivity index (χ1) is 11.4. The summed E-state index contributed by atoms with van der Waals surface area (Å²) in [6.07, 6.45) is 1.77. The van der Waals surface area contributed by atoms with Gasteiger partial charge in [-0.1, -0.05) is 5.10 Å². The number of carbonyl (C=O) groups excluding carboxylic acids is 1. The fourth-order valence-corrected chi connectivity index (χ4v) is 1.82. The Kier molecular flexibility index (Phi) is 3.82. The van der Waals surface area contributed by atoms with Crippen LogP contribution in [0.15, 0.2) is 33.2 Å². The number of nitrogens with one attached hydrogen (secondary N) is 1. The third-order valence-corrected chi connectivity index (χ3v) is 3.00. The van der Waals surface area contributed by atoms with Crippen molar-refractivity contribution >= 4 is 17.8 Å². The SMILES string of the molecule is CC(C)n1ccc(-c2nnc(NC(=O)c3ccc([N+](=O)[O-])o3)o2)n1. The van der Waals surface area contributed by atoms with Crippen molar-refractivity contribution in [2.75, 3.05) is 5.32 Å². The number of nitrogens with zero attached hydrogens (tertiary/aromatic N) is 5. The predicted molar refractivity (Wildman–Crippen MR) is 79.2 cm³/mol. The summed E-state index contributed by atoms with van der Waals surface area (Å²) in [5.74, 6) is -1.39. The average Bonchev–Trinajstić information content (AvgIpc) is 3.26. The normalized spacial score (nSPS) is 11.0. The van der Waals surface area contributed by atoms with Gasteiger partial charge < -0.3 is 8.83 Å². The summed E-state index contributed by atoms with van der Waals surface area (Å²) < 4.78 is 11.8. The van der Waals surface area contributed by atoms with Crippen LogP contribution in [-0.4, -0.2) is 30.8 Å². The first kappa shape index (κ1) is 15.4. The van der Waals surface area contributed by atoms with E-state index in [4.69, 9.17) is 8.83 Å². The highest BCUT2D eigenvalue weighted by Crippen LogP contribution is 2.20. The summed E-state index contributed by atoms with van der Waals surface area (Å²) in [6.45, 7) is 3.94. The van der Waals surface area contributed by atoms with Crippen molar-refractivity contribution in [2.45, 2.75) is 19.9 Å². The quantitative estimate of drug-likeness (QED) is 0.553. The van der Waals surface area contributed by atoms with Gasteiger partial charge in [-0.3, -0.25) is 24.9 Å². The van der Waals surface area contributed by atoms with E-state index in [9.17, 15) is 14.9 Å². The summed E-state index contributed by atoms with van der Waals surface area (Å²) in [5, 5.41) is 24.6. The number of hydrogen-bond acceptors (Lipinski definition) is 8. The minimum atomic E-state index is -0.744. The van der Waals surface area contributed by atoms with Crippen LogP contribution in [0.1, 0.15) is 30.4 Å². The molecule has 0 unspecified atom stereocenters. The van der Waals surface area contributed by atoms with E-state index in [0.29, 0.717) is 5.69 Å². The number of anilines is 1. The number of carbonyl (C=O) groups is 1. The average molecular weight is 332 g/mol. The summed E-state index contributed by atoms with van der Waals surface area (Å²) in [6, 6.07) is 3.96. The van der Waals surface area contributed by atoms with E-state index < -0.39 is 16.7 Å². The van der Waals surface area contributed by atoms with Crippen LogP contribution in [0.2, 0.25) is 0 Å². The van der Waals surface area contributed by atoms with E-state index in [1.807, 2.05) is 13.8 Å². The van der Waals surface area contributed by atoms with Gasteiger partial charge in [0.25, 0.3) is 11.8 Å². The fraction of sp³-hybridized carbons (Fsp3) is 0.231. The van der Waals surface area contributed by atoms with Crippen LogP contribution in [0.4, 0.5) is 11.9 Å². The Hall–Kier alpha value is -3.50. The first-order valence-electron chi connectivity index (χ1n) is 6.88. The van der Waals surface area contributed by atoms with Gasteiger partial charge in [-0.05, 0) is 26.0 Å². The molecule has 0 atom stereocenters.